The van der Waals surface area contributed by atoms with E-state index >= 15 is 0 Å². The van der Waals surface area contributed by atoms with Crippen LogP contribution in [-0.4, -0.2) is 11.8 Å². The number of pyridine rings is 1. The smallest absolute Gasteiger partial charge is 0.330 e. The number of hydrogen-bond donors (Lipinski definition) is 0. The molecule has 0 amide bonds. The van der Waals surface area contributed by atoms with Gasteiger partial charge in [-0.05, 0) is 57.1 Å². The summed E-state index contributed by atoms with van der Waals surface area (Å²) in [5, 5.41) is 2.56. The Labute approximate surface area is 175 Å². The lowest BCUT2D eigenvalue weighted by molar-refractivity contribution is 1.22. The maximum absolute atomic E-state index is 4.86. The first-order chi connectivity index (χ1) is 14.9. The van der Waals surface area contributed by atoms with Gasteiger partial charge >= 0.3 is 6.85 Å². The molecule has 5 aromatic rings. The topological polar surface area (TPSA) is 16.1 Å². The van der Waals surface area contributed by atoms with E-state index in [4.69, 9.17) is 4.98 Å². The van der Waals surface area contributed by atoms with E-state index in [0.29, 0.717) is 0 Å². The third kappa shape index (κ3) is 2.02. The summed E-state index contributed by atoms with van der Waals surface area (Å²) < 4.78 is 0. The molecule has 0 radical (unpaired) electrons. The van der Waals surface area contributed by atoms with Crippen LogP contribution in [0.3, 0.4) is 0 Å². The van der Waals surface area contributed by atoms with Gasteiger partial charge in [0.1, 0.15) is 5.82 Å². The highest BCUT2D eigenvalue weighted by Gasteiger charge is 2.42. The molecule has 3 heterocycles. The Kier molecular flexibility index (Phi) is 3.11. The molecule has 0 saturated carbocycles. The van der Waals surface area contributed by atoms with Crippen molar-refractivity contribution in [2.24, 2.45) is 0 Å². The zero-order valence-electron chi connectivity index (χ0n) is 16.3. The molecule has 0 spiro atoms. The Morgan fingerprint density at radius 1 is 0.567 bits per heavy atom. The van der Waals surface area contributed by atoms with Crippen molar-refractivity contribution < 1.29 is 0 Å². The summed E-state index contributed by atoms with van der Waals surface area (Å²) in [6, 6.07) is 35.1. The van der Waals surface area contributed by atoms with Crippen molar-refractivity contribution in [3.8, 4) is 22.3 Å². The highest BCUT2D eigenvalue weighted by molar-refractivity contribution is 6.92. The molecule has 30 heavy (non-hydrogen) atoms. The number of rotatable bonds is 0. The summed E-state index contributed by atoms with van der Waals surface area (Å²) in [7, 11) is 0. The molecule has 0 atom stereocenters. The molecule has 3 heteroatoms. The van der Waals surface area contributed by atoms with Gasteiger partial charge in [0.2, 0.25) is 0 Å². The predicted molar refractivity (Wildman–Crippen MR) is 126 cm³/mol. The lowest BCUT2D eigenvalue weighted by atomic mass is 9.43. The summed E-state index contributed by atoms with van der Waals surface area (Å²) >= 11 is 0. The summed E-state index contributed by atoms with van der Waals surface area (Å²) in [6.45, 7) is 0.109. The van der Waals surface area contributed by atoms with Crippen LogP contribution in [0, 0.1) is 0 Å². The van der Waals surface area contributed by atoms with E-state index < -0.39 is 0 Å². The molecule has 0 bridgehead atoms. The van der Waals surface area contributed by atoms with Crippen molar-refractivity contribution >= 4 is 40.1 Å². The number of anilines is 2. The fourth-order valence-corrected chi connectivity index (χ4v) is 5.23. The van der Waals surface area contributed by atoms with Gasteiger partial charge in [-0.25, -0.2) is 4.98 Å². The van der Waals surface area contributed by atoms with E-state index in [1.54, 1.807) is 0 Å². The molecule has 0 N–H and O–H groups in total. The molecule has 2 aliphatic rings. The number of aromatic nitrogens is 1. The first-order valence-corrected chi connectivity index (χ1v) is 10.4. The number of hydrogen-bond acceptors (Lipinski definition) is 2. The second-order valence-corrected chi connectivity index (χ2v) is 8.04. The van der Waals surface area contributed by atoms with Crippen molar-refractivity contribution in [1.82, 2.24) is 4.98 Å². The second-order valence-electron chi connectivity index (χ2n) is 8.04. The second kappa shape index (κ2) is 5.83. The molecule has 1 aromatic heterocycles. The lowest BCUT2D eigenvalue weighted by Gasteiger charge is -2.42. The third-order valence-corrected chi connectivity index (χ3v) is 6.48. The van der Waals surface area contributed by atoms with Crippen LogP contribution in [0.25, 0.3) is 33.0 Å². The van der Waals surface area contributed by atoms with E-state index in [9.17, 15) is 0 Å². The standard InChI is InChI=1S/C27H17BN2/c1-2-9-19-17-25-23(16-18(19)8-1)21-11-4-6-14-26(21)30-27-22(12-7-15-29-27)20-10-3-5-13-24(20)28(25)30/h1-17H. The van der Waals surface area contributed by atoms with Gasteiger partial charge in [0.15, 0.2) is 0 Å². The first-order valence-electron chi connectivity index (χ1n) is 10.4. The van der Waals surface area contributed by atoms with Crippen LogP contribution in [0.15, 0.2) is 103 Å². The molecule has 138 valence electrons. The average Bonchev–Trinajstić information content (AvgIpc) is 2.82. The van der Waals surface area contributed by atoms with Crippen LogP contribution in [0.4, 0.5) is 11.5 Å². The SMILES string of the molecule is c1ccc2c(c1)B1c3cc4ccccc4cc3-c3ccccc3N1c1ncccc1-2. The van der Waals surface area contributed by atoms with Crippen LogP contribution in [0.1, 0.15) is 0 Å². The molecule has 2 nitrogen and oxygen atoms in total. The lowest BCUT2D eigenvalue weighted by Crippen LogP contribution is -2.59. The Balaban J connectivity index is 1.65. The summed E-state index contributed by atoms with van der Waals surface area (Å²) in [5.41, 5.74) is 8.97. The van der Waals surface area contributed by atoms with Crippen LogP contribution >= 0.6 is 0 Å². The average molecular weight is 380 g/mol. The predicted octanol–water partition coefficient (Wildman–Crippen LogP) is 5.14. The Bertz CT molecular complexity index is 1470. The summed E-state index contributed by atoms with van der Waals surface area (Å²) in [4.78, 5) is 7.30. The van der Waals surface area contributed by atoms with E-state index in [1.165, 1.54) is 49.6 Å². The Morgan fingerprint density at radius 3 is 2.17 bits per heavy atom. The monoisotopic (exact) mass is 380 g/mol. The van der Waals surface area contributed by atoms with Gasteiger partial charge in [-0.15, -0.1) is 0 Å². The van der Waals surface area contributed by atoms with Gasteiger partial charge in [0.25, 0.3) is 0 Å². The Morgan fingerprint density at radius 2 is 1.27 bits per heavy atom. The van der Waals surface area contributed by atoms with Crippen LogP contribution < -0.4 is 15.7 Å². The number of para-hydroxylation sites is 1. The van der Waals surface area contributed by atoms with E-state index in [0.717, 1.165) is 5.82 Å². The molecule has 0 aliphatic carbocycles. The summed E-state index contributed by atoms with van der Waals surface area (Å²) in [6.07, 6.45) is 1.91. The highest BCUT2D eigenvalue weighted by Crippen LogP contribution is 2.44. The fourth-order valence-electron chi connectivity index (χ4n) is 5.23. The van der Waals surface area contributed by atoms with Gasteiger partial charge < -0.3 is 4.81 Å². The van der Waals surface area contributed by atoms with Crippen molar-refractivity contribution in [2.75, 3.05) is 4.81 Å². The molecular formula is C27H17BN2. The van der Waals surface area contributed by atoms with Gasteiger partial charge in [0.05, 0.1) is 0 Å². The molecule has 2 aliphatic heterocycles. The molecule has 4 aromatic carbocycles. The third-order valence-electron chi connectivity index (χ3n) is 6.48. The Hall–Kier alpha value is -3.85. The van der Waals surface area contributed by atoms with E-state index in [1.807, 2.05) is 12.3 Å². The molecule has 0 fully saturated rings. The molecule has 0 unspecified atom stereocenters. The molecule has 7 rings (SSSR count). The minimum absolute atomic E-state index is 0.109. The van der Waals surface area contributed by atoms with Gasteiger partial charge in [-0.3, -0.25) is 0 Å². The van der Waals surface area contributed by atoms with E-state index in [-0.39, 0.29) is 6.85 Å². The van der Waals surface area contributed by atoms with E-state index in [2.05, 4.69) is 95.8 Å². The quantitative estimate of drug-likeness (QED) is 0.346. The van der Waals surface area contributed by atoms with Gasteiger partial charge in [-0.2, -0.15) is 0 Å². The molecular weight excluding hydrogens is 363 g/mol. The van der Waals surface area contributed by atoms with Gasteiger partial charge in [-0.1, -0.05) is 72.8 Å². The van der Waals surface area contributed by atoms with Crippen molar-refractivity contribution in [2.45, 2.75) is 0 Å². The van der Waals surface area contributed by atoms with Crippen LogP contribution in [0.2, 0.25) is 0 Å². The summed E-state index contributed by atoms with van der Waals surface area (Å²) in [5.74, 6) is 1.03. The minimum atomic E-state index is 0.109. The van der Waals surface area contributed by atoms with Crippen LogP contribution in [-0.2, 0) is 0 Å². The highest BCUT2D eigenvalue weighted by atomic mass is 15.2. The number of fused-ring (bicyclic) bond motifs is 12. The number of nitrogens with zero attached hydrogens (tertiary/aromatic N) is 2. The zero-order chi connectivity index (χ0) is 19.7. The normalized spacial score (nSPS) is 13.2. The maximum atomic E-state index is 4.86. The largest absolute Gasteiger partial charge is 0.361 e. The zero-order valence-corrected chi connectivity index (χ0v) is 16.3. The molecule has 0 saturated heterocycles. The van der Waals surface area contributed by atoms with Crippen molar-refractivity contribution in [3.63, 3.8) is 0 Å². The number of benzene rings is 4. The minimum Gasteiger partial charge on any atom is -0.361 e. The van der Waals surface area contributed by atoms with Crippen molar-refractivity contribution in [3.05, 3.63) is 103 Å². The fraction of sp³-hybridized carbons (Fsp3) is 0. The van der Waals surface area contributed by atoms with Crippen LogP contribution in [0.5, 0.6) is 0 Å². The maximum Gasteiger partial charge on any atom is 0.330 e. The first kappa shape index (κ1) is 16.0. The van der Waals surface area contributed by atoms with Crippen molar-refractivity contribution in [1.29, 1.82) is 0 Å². The van der Waals surface area contributed by atoms with Gasteiger partial charge in [0, 0.05) is 23.0 Å².